The van der Waals surface area contributed by atoms with Gasteiger partial charge in [0.25, 0.3) is 5.91 Å². The molecule has 2 N–H and O–H groups in total. The van der Waals surface area contributed by atoms with Gasteiger partial charge in [0.15, 0.2) is 6.29 Å². The second kappa shape index (κ2) is 11.7. The summed E-state index contributed by atoms with van der Waals surface area (Å²) in [6.07, 6.45) is 1.82. The van der Waals surface area contributed by atoms with Crippen LogP contribution >= 0.6 is 35.0 Å². The number of amides is 2. The molecule has 0 saturated carbocycles. The maximum atomic E-state index is 12.6. The van der Waals surface area contributed by atoms with Crippen LogP contribution in [0.2, 0.25) is 10.0 Å². The van der Waals surface area contributed by atoms with E-state index in [1.807, 2.05) is 6.26 Å². The van der Waals surface area contributed by atoms with Crippen molar-refractivity contribution >= 4 is 46.8 Å². The lowest BCUT2D eigenvalue weighted by atomic mass is 10.1. The van der Waals surface area contributed by atoms with Crippen LogP contribution in [-0.4, -0.2) is 56.4 Å². The number of rotatable bonds is 10. The van der Waals surface area contributed by atoms with Crippen LogP contribution in [0.1, 0.15) is 23.7 Å². The van der Waals surface area contributed by atoms with Crippen LogP contribution in [-0.2, 0) is 14.3 Å². The highest BCUT2D eigenvalue weighted by Gasteiger charge is 2.26. The number of nitrogens with one attached hydrogen (secondary N) is 2. The molecule has 9 heteroatoms. The molecule has 0 fully saturated rings. The van der Waals surface area contributed by atoms with Crippen molar-refractivity contribution in [3.63, 3.8) is 0 Å². The minimum Gasteiger partial charge on any atom is -0.354 e. The Morgan fingerprint density at radius 2 is 1.85 bits per heavy atom. The Labute approximate surface area is 168 Å². The van der Waals surface area contributed by atoms with Crippen LogP contribution in [0.15, 0.2) is 18.2 Å². The lowest BCUT2D eigenvalue weighted by molar-refractivity contribution is -0.137. The first-order valence-electron chi connectivity index (χ1n) is 7.94. The third-order valence-electron chi connectivity index (χ3n) is 3.65. The molecular weight excluding hydrogens is 399 g/mol. The van der Waals surface area contributed by atoms with Crippen molar-refractivity contribution in [2.45, 2.75) is 31.7 Å². The Hall–Kier alpha value is -0.990. The van der Waals surface area contributed by atoms with Gasteiger partial charge in [-0.05, 0) is 43.6 Å². The minimum atomic E-state index is -0.710. The average Bonchev–Trinajstić information content (AvgIpc) is 2.59. The van der Waals surface area contributed by atoms with Crippen molar-refractivity contribution in [3.8, 4) is 0 Å². The highest BCUT2D eigenvalue weighted by Crippen LogP contribution is 2.21. The number of hydrogen-bond donors (Lipinski definition) is 2. The van der Waals surface area contributed by atoms with Crippen LogP contribution in [0, 0.1) is 0 Å². The standard InChI is InChI=1S/C17H24Cl2N2O4S/c1-10(17(24-2)25-3)20-16(23)14(7-8-26-4)21-15(22)12-6-5-11(18)9-13(12)19/h5-6,9-10,14,17H,7-8H2,1-4H3,(H,20,23)(H,21,22). The number of thioether (sulfide) groups is 1. The summed E-state index contributed by atoms with van der Waals surface area (Å²) in [6, 6.07) is 3.49. The van der Waals surface area contributed by atoms with Gasteiger partial charge in [0, 0.05) is 19.2 Å². The van der Waals surface area contributed by atoms with Gasteiger partial charge in [0.2, 0.25) is 5.91 Å². The number of benzene rings is 1. The fourth-order valence-electron chi connectivity index (χ4n) is 2.31. The molecule has 6 nitrogen and oxygen atoms in total. The molecule has 0 aliphatic rings. The van der Waals surface area contributed by atoms with Gasteiger partial charge in [0.05, 0.1) is 16.6 Å². The highest BCUT2D eigenvalue weighted by atomic mass is 35.5. The van der Waals surface area contributed by atoms with E-state index < -0.39 is 18.2 Å². The van der Waals surface area contributed by atoms with Crippen molar-refractivity contribution in [2.24, 2.45) is 0 Å². The van der Waals surface area contributed by atoms with Gasteiger partial charge in [-0.2, -0.15) is 11.8 Å². The van der Waals surface area contributed by atoms with Gasteiger partial charge < -0.3 is 20.1 Å². The topological polar surface area (TPSA) is 76.7 Å². The molecule has 2 unspecified atom stereocenters. The van der Waals surface area contributed by atoms with Gasteiger partial charge >= 0.3 is 0 Å². The van der Waals surface area contributed by atoms with E-state index in [1.165, 1.54) is 26.4 Å². The Balaban J connectivity index is 2.85. The smallest absolute Gasteiger partial charge is 0.253 e. The zero-order valence-corrected chi connectivity index (χ0v) is 17.5. The van der Waals surface area contributed by atoms with Crippen molar-refractivity contribution in [3.05, 3.63) is 33.8 Å². The van der Waals surface area contributed by atoms with Gasteiger partial charge in [-0.25, -0.2) is 0 Å². The lowest BCUT2D eigenvalue weighted by Crippen LogP contribution is -2.52. The first kappa shape index (κ1) is 23.0. The van der Waals surface area contributed by atoms with E-state index in [-0.39, 0.29) is 22.5 Å². The minimum absolute atomic E-state index is 0.228. The maximum absolute atomic E-state index is 12.6. The van der Waals surface area contributed by atoms with E-state index in [2.05, 4.69) is 10.6 Å². The van der Waals surface area contributed by atoms with E-state index in [1.54, 1.807) is 24.8 Å². The fraction of sp³-hybridized carbons (Fsp3) is 0.529. The van der Waals surface area contributed by atoms with E-state index in [9.17, 15) is 9.59 Å². The first-order chi connectivity index (χ1) is 12.3. The first-order valence-corrected chi connectivity index (χ1v) is 10.1. The molecule has 0 radical (unpaired) electrons. The van der Waals surface area contributed by atoms with Crippen LogP contribution in [0.5, 0.6) is 0 Å². The quantitative estimate of drug-likeness (QED) is 0.566. The third-order valence-corrected chi connectivity index (χ3v) is 4.84. The summed E-state index contributed by atoms with van der Waals surface area (Å²) in [5.74, 6) is -0.0429. The molecule has 0 heterocycles. The molecule has 0 aromatic heterocycles. The summed E-state index contributed by atoms with van der Waals surface area (Å²) in [7, 11) is 2.98. The third kappa shape index (κ3) is 6.96. The van der Waals surface area contributed by atoms with Crippen molar-refractivity contribution in [1.82, 2.24) is 10.6 Å². The molecule has 2 amide bonds. The van der Waals surface area contributed by atoms with Gasteiger partial charge in [-0.15, -0.1) is 0 Å². The fourth-order valence-corrected chi connectivity index (χ4v) is 3.28. The molecule has 0 spiro atoms. The summed E-state index contributed by atoms with van der Waals surface area (Å²) < 4.78 is 10.3. The molecule has 146 valence electrons. The molecule has 0 saturated heterocycles. The van der Waals surface area contributed by atoms with Crippen LogP contribution in [0.25, 0.3) is 0 Å². The number of halogens is 2. The average molecular weight is 423 g/mol. The van der Waals surface area contributed by atoms with E-state index in [0.29, 0.717) is 17.2 Å². The SMILES string of the molecule is COC(OC)C(C)NC(=O)C(CCSC)NC(=O)c1ccc(Cl)cc1Cl. The summed E-state index contributed by atoms with van der Waals surface area (Å²) in [5, 5.41) is 6.20. The molecule has 1 aromatic rings. The summed E-state index contributed by atoms with van der Waals surface area (Å²) in [4.78, 5) is 25.1. The second-order valence-electron chi connectivity index (χ2n) is 5.57. The van der Waals surface area contributed by atoms with Gasteiger partial charge in [-0.3, -0.25) is 9.59 Å². The largest absolute Gasteiger partial charge is 0.354 e. The van der Waals surface area contributed by atoms with Crippen LogP contribution in [0.3, 0.4) is 0 Å². The Morgan fingerprint density at radius 3 is 2.38 bits per heavy atom. The van der Waals surface area contributed by atoms with E-state index in [4.69, 9.17) is 32.7 Å². The highest BCUT2D eigenvalue weighted by molar-refractivity contribution is 7.98. The van der Waals surface area contributed by atoms with Gasteiger partial charge in [-0.1, -0.05) is 23.2 Å². The molecule has 1 aromatic carbocycles. The zero-order chi connectivity index (χ0) is 19.7. The predicted octanol–water partition coefficient (Wildman–Crippen LogP) is 2.97. The number of carbonyl (C=O) groups excluding carboxylic acids is 2. The monoisotopic (exact) mass is 422 g/mol. The normalized spacial score (nSPS) is 13.3. The summed E-state index contributed by atoms with van der Waals surface area (Å²) in [5.41, 5.74) is 0.262. The van der Waals surface area contributed by atoms with Crippen molar-refractivity contribution in [1.29, 1.82) is 0 Å². The Kier molecular flexibility index (Phi) is 10.3. The van der Waals surface area contributed by atoms with Crippen molar-refractivity contribution < 1.29 is 19.1 Å². The molecule has 0 aliphatic heterocycles. The molecular formula is C17H24Cl2N2O4S. The number of carbonyl (C=O) groups is 2. The maximum Gasteiger partial charge on any atom is 0.253 e. The Bertz CT molecular complexity index is 614. The van der Waals surface area contributed by atoms with E-state index >= 15 is 0 Å². The van der Waals surface area contributed by atoms with Crippen LogP contribution < -0.4 is 10.6 Å². The van der Waals surface area contributed by atoms with Crippen LogP contribution in [0.4, 0.5) is 0 Å². The molecule has 0 aliphatic carbocycles. The zero-order valence-electron chi connectivity index (χ0n) is 15.2. The second-order valence-corrected chi connectivity index (χ2v) is 7.40. The summed E-state index contributed by atoms with van der Waals surface area (Å²) in [6.45, 7) is 1.76. The van der Waals surface area contributed by atoms with Gasteiger partial charge in [0.1, 0.15) is 6.04 Å². The molecule has 26 heavy (non-hydrogen) atoms. The van der Waals surface area contributed by atoms with E-state index in [0.717, 1.165) is 0 Å². The number of methoxy groups -OCH3 is 2. The van der Waals surface area contributed by atoms with Crippen molar-refractivity contribution in [2.75, 3.05) is 26.2 Å². The Morgan fingerprint density at radius 1 is 1.19 bits per heavy atom. The number of hydrogen-bond acceptors (Lipinski definition) is 5. The molecule has 2 atom stereocenters. The number of ether oxygens (including phenoxy) is 2. The summed E-state index contributed by atoms with van der Waals surface area (Å²) >= 11 is 13.5. The predicted molar refractivity (Wildman–Crippen MR) is 106 cm³/mol. The molecule has 1 rings (SSSR count). The molecule has 0 bridgehead atoms. The lowest BCUT2D eigenvalue weighted by Gasteiger charge is -2.25.